The van der Waals surface area contributed by atoms with Crippen LogP contribution < -0.4 is 26.8 Å². The molecule has 6 N–H and O–H groups in total. The molecule has 1 fully saturated rings. The number of halogens is 2. The van der Waals surface area contributed by atoms with Crippen molar-refractivity contribution in [2.24, 2.45) is 11.5 Å². The maximum atomic E-state index is 13.9. The summed E-state index contributed by atoms with van der Waals surface area (Å²) in [5.74, 6) is -3.12. The van der Waals surface area contributed by atoms with Crippen molar-refractivity contribution in [3.05, 3.63) is 30.2 Å². The Kier molecular flexibility index (Phi) is 5.54. The number of hydrogen-bond donors (Lipinski definition) is 4. The van der Waals surface area contributed by atoms with Gasteiger partial charge in [-0.3, -0.25) is 4.79 Å². The van der Waals surface area contributed by atoms with Gasteiger partial charge in [-0.1, -0.05) is 0 Å². The number of amides is 1. The molecule has 0 spiro atoms. The van der Waals surface area contributed by atoms with E-state index in [9.17, 15) is 13.6 Å². The highest BCUT2D eigenvalue weighted by Gasteiger charge is 2.44. The van der Waals surface area contributed by atoms with Gasteiger partial charge in [0, 0.05) is 30.4 Å². The van der Waals surface area contributed by atoms with Gasteiger partial charge >= 0.3 is 0 Å². The Balaban J connectivity index is 1.86. The van der Waals surface area contributed by atoms with Crippen LogP contribution in [0.3, 0.4) is 0 Å². The van der Waals surface area contributed by atoms with E-state index in [1.165, 1.54) is 19.5 Å². The molecule has 11 heteroatoms. The number of methoxy groups -OCH3 is 1. The van der Waals surface area contributed by atoms with E-state index in [4.69, 9.17) is 16.2 Å². The van der Waals surface area contributed by atoms with E-state index >= 15 is 0 Å². The van der Waals surface area contributed by atoms with Crippen molar-refractivity contribution >= 4 is 23.2 Å². The molecule has 9 nitrogen and oxygen atoms in total. The largest absolute Gasteiger partial charge is 0.481 e. The van der Waals surface area contributed by atoms with Crippen LogP contribution in [0.1, 0.15) is 29.8 Å². The first-order chi connectivity index (χ1) is 13.3. The SMILES string of the molecule is COc1cc(Nc2nc(N[C@@H]3CCCC(F)(F)[C@@H]3N)cnc2C(N)=O)ccn1. The Morgan fingerprint density at radius 2 is 2.18 bits per heavy atom. The van der Waals surface area contributed by atoms with E-state index in [1.807, 2.05) is 0 Å². The van der Waals surface area contributed by atoms with Crippen molar-refractivity contribution < 1.29 is 18.3 Å². The van der Waals surface area contributed by atoms with Crippen LogP contribution in [0.25, 0.3) is 0 Å². The number of ether oxygens (including phenoxy) is 1. The molecule has 0 aromatic carbocycles. The number of primary amides is 1. The quantitative estimate of drug-likeness (QED) is 0.580. The van der Waals surface area contributed by atoms with Gasteiger partial charge in [0.05, 0.1) is 19.3 Å². The van der Waals surface area contributed by atoms with E-state index < -0.39 is 23.9 Å². The zero-order valence-corrected chi connectivity index (χ0v) is 15.2. The van der Waals surface area contributed by atoms with E-state index in [-0.39, 0.29) is 23.8 Å². The zero-order chi connectivity index (χ0) is 20.3. The summed E-state index contributed by atoms with van der Waals surface area (Å²) in [5.41, 5.74) is 11.5. The average Bonchev–Trinajstić information content (AvgIpc) is 2.65. The molecule has 0 unspecified atom stereocenters. The van der Waals surface area contributed by atoms with Crippen molar-refractivity contribution in [1.29, 1.82) is 0 Å². The van der Waals surface area contributed by atoms with Gasteiger partial charge in [-0.05, 0) is 18.9 Å². The first kappa shape index (κ1) is 19.7. The van der Waals surface area contributed by atoms with Crippen molar-refractivity contribution in [2.75, 3.05) is 17.7 Å². The van der Waals surface area contributed by atoms with Crippen LogP contribution in [-0.4, -0.2) is 46.0 Å². The highest BCUT2D eigenvalue weighted by atomic mass is 19.3. The third kappa shape index (κ3) is 4.25. The Hall–Kier alpha value is -3.08. The summed E-state index contributed by atoms with van der Waals surface area (Å²) in [5, 5.41) is 5.81. The number of nitrogens with zero attached hydrogens (tertiary/aromatic N) is 3. The van der Waals surface area contributed by atoms with Crippen LogP contribution in [0, 0.1) is 0 Å². The Morgan fingerprint density at radius 1 is 1.39 bits per heavy atom. The van der Waals surface area contributed by atoms with Gasteiger partial charge in [-0.25, -0.2) is 23.7 Å². The number of hydrogen-bond acceptors (Lipinski definition) is 8. The van der Waals surface area contributed by atoms with Crippen molar-refractivity contribution in [3.8, 4) is 5.88 Å². The molecule has 2 aromatic rings. The van der Waals surface area contributed by atoms with Crippen molar-refractivity contribution in [1.82, 2.24) is 15.0 Å². The summed E-state index contributed by atoms with van der Waals surface area (Å²) in [6, 6.07) is 1.20. The number of nitrogens with two attached hydrogens (primary N) is 2. The molecule has 3 rings (SSSR count). The third-order valence-corrected chi connectivity index (χ3v) is 4.49. The monoisotopic (exact) mass is 393 g/mol. The lowest BCUT2D eigenvalue weighted by atomic mass is 9.87. The van der Waals surface area contributed by atoms with Gasteiger partial charge in [-0.2, -0.15) is 0 Å². The van der Waals surface area contributed by atoms with Gasteiger partial charge in [0.15, 0.2) is 11.5 Å². The van der Waals surface area contributed by atoms with Gasteiger partial charge < -0.3 is 26.8 Å². The average molecular weight is 393 g/mol. The molecule has 0 aliphatic heterocycles. The highest BCUT2D eigenvalue weighted by Crippen LogP contribution is 2.33. The van der Waals surface area contributed by atoms with E-state index in [2.05, 4.69) is 25.6 Å². The predicted molar refractivity (Wildman–Crippen MR) is 98.8 cm³/mol. The third-order valence-electron chi connectivity index (χ3n) is 4.49. The lowest BCUT2D eigenvalue weighted by Gasteiger charge is -2.36. The van der Waals surface area contributed by atoms with Crippen molar-refractivity contribution in [2.45, 2.75) is 37.3 Å². The molecule has 1 saturated carbocycles. The van der Waals surface area contributed by atoms with Crippen LogP contribution in [0.4, 0.5) is 26.1 Å². The second-order valence-electron chi connectivity index (χ2n) is 6.46. The number of carbonyl (C=O) groups excluding carboxylic acids is 1. The maximum Gasteiger partial charge on any atom is 0.271 e. The summed E-state index contributed by atoms with van der Waals surface area (Å²) in [7, 11) is 1.47. The van der Waals surface area contributed by atoms with Crippen LogP contribution in [0.5, 0.6) is 5.88 Å². The summed E-state index contributed by atoms with van der Waals surface area (Å²) >= 11 is 0. The first-order valence-corrected chi connectivity index (χ1v) is 8.64. The van der Waals surface area contributed by atoms with Crippen LogP contribution >= 0.6 is 0 Å². The summed E-state index contributed by atoms with van der Waals surface area (Å²) < 4.78 is 32.8. The Morgan fingerprint density at radius 3 is 2.89 bits per heavy atom. The van der Waals surface area contributed by atoms with E-state index in [0.29, 0.717) is 24.4 Å². The molecule has 1 aliphatic carbocycles. The minimum absolute atomic E-state index is 0.0712. The van der Waals surface area contributed by atoms with E-state index in [1.54, 1.807) is 12.1 Å². The zero-order valence-electron chi connectivity index (χ0n) is 15.2. The summed E-state index contributed by atoms with van der Waals surface area (Å²) in [6.07, 6.45) is 3.34. The number of aromatic nitrogens is 3. The first-order valence-electron chi connectivity index (χ1n) is 8.64. The van der Waals surface area contributed by atoms with Crippen LogP contribution in [-0.2, 0) is 0 Å². The minimum atomic E-state index is -2.95. The highest BCUT2D eigenvalue weighted by molar-refractivity contribution is 5.96. The standard InChI is InChI=1S/C17H21F2N7O2/c1-28-12-7-9(4-6-22-12)24-16-13(15(21)27)23-8-11(26-16)25-10-3-2-5-17(18,19)14(10)20/h4,6-8,10,14H,2-3,5,20H2,1H3,(H2,21,27)(H2,22,24,25,26)/t10-,14-/m1/s1. The molecule has 0 bridgehead atoms. The second kappa shape index (κ2) is 7.89. The fourth-order valence-electron chi connectivity index (χ4n) is 3.01. The van der Waals surface area contributed by atoms with Gasteiger partial charge in [-0.15, -0.1) is 0 Å². The normalized spacial score (nSPS) is 21.0. The van der Waals surface area contributed by atoms with Gasteiger partial charge in [0.1, 0.15) is 5.82 Å². The Bertz CT molecular complexity index is 865. The number of anilines is 3. The molecule has 2 heterocycles. The molecule has 1 amide bonds. The number of nitrogens with one attached hydrogen (secondary N) is 2. The molecular formula is C17H21F2N7O2. The minimum Gasteiger partial charge on any atom is -0.481 e. The number of alkyl halides is 2. The summed E-state index contributed by atoms with van der Waals surface area (Å²) in [4.78, 5) is 23.9. The topological polar surface area (TPSA) is 141 Å². The van der Waals surface area contributed by atoms with E-state index in [0.717, 1.165) is 0 Å². The Labute approximate surface area is 159 Å². The lowest BCUT2D eigenvalue weighted by Crippen LogP contribution is -2.55. The smallest absolute Gasteiger partial charge is 0.271 e. The fourth-order valence-corrected chi connectivity index (χ4v) is 3.01. The molecule has 2 atom stereocenters. The molecule has 0 radical (unpaired) electrons. The van der Waals surface area contributed by atoms with Gasteiger partial charge in [0.2, 0.25) is 5.88 Å². The summed E-state index contributed by atoms with van der Waals surface area (Å²) in [6.45, 7) is 0. The number of carbonyl (C=O) groups is 1. The lowest BCUT2D eigenvalue weighted by molar-refractivity contribution is -0.0554. The number of pyridine rings is 1. The molecule has 150 valence electrons. The molecule has 28 heavy (non-hydrogen) atoms. The molecule has 2 aromatic heterocycles. The fraction of sp³-hybridized carbons (Fsp3) is 0.412. The maximum absolute atomic E-state index is 13.9. The molecular weight excluding hydrogens is 372 g/mol. The van der Waals surface area contributed by atoms with Crippen LogP contribution in [0.15, 0.2) is 24.5 Å². The van der Waals surface area contributed by atoms with Gasteiger partial charge in [0.25, 0.3) is 11.8 Å². The second-order valence-corrected chi connectivity index (χ2v) is 6.46. The predicted octanol–water partition coefficient (Wildman–Crippen LogP) is 1.65. The number of rotatable bonds is 6. The molecule has 1 aliphatic rings. The van der Waals surface area contributed by atoms with Crippen LogP contribution in [0.2, 0.25) is 0 Å². The molecule has 0 saturated heterocycles. The van der Waals surface area contributed by atoms with Crippen molar-refractivity contribution in [3.63, 3.8) is 0 Å².